The minimum absolute atomic E-state index is 0.120. The number of aromatic amines is 1. The van der Waals surface area contributed by atoms with Crippen LogP contribution < -0.4 is 10.1 Å². The molecule has 0 saturated heterocycles. The van der Waals surface area contributed by atoms with Gasteiger partial charge in [-0.1, -0.05) is 30.3 Å². The number of benzene rings is 3. The Bertz CT molecular complexity index is 1340. The molecule has 35 heavy (non-hydrogen) atoms. The molecule has 0 saturated carbocycles. The molecule has 3 aromatic carbocycles. The molecule has 1 heterocycles. The summed E-state index contributed by atoms with van der Waals surface area (Å²) in [4.78, 5) is 20.0. The summed E-state index contributed by atoms with van der Waals surface area (Å²) in [6.45, 7) is -0.563. The summed E-state index contributed by atoms with van der Waals surface area (Å²) < 4.78 is 46.5. The van der Waals surface area contributed by atoms with E-state index in [1.165, 1.54) is 36.4 Å². The summed E-state index contributed by atoms with van der Waals surface area (Å²) in [6.07, 6.45) is -3.97. The molecule has 4 N–H and O–H groups in total. The van der Waals surface area contributed by atoms with Crippen molar-refractivity contribution >= 4 is 22.6 Å². The molecule has 0 radical (unpaired) electrons. The average Bonchev–Trinajstić information content (AvgIpc) is 3.26. The van der Waals surface area contributed by atoms with Crippen LogP contribution in [0.1, 0.15) is 17.6 Å². The van der Waals surface area contributed by atoms with E-state index in [9.17, 15) is 23.1 Å². The number of nitrogens with one attached hydrogen (secondary N) is 2. The number of amides is 1. The second-order valence-corrected chi connectivity index (χ2v) is 7.83. The van der Waals surface area contributed by atoms with Crippen molar-refractivity contribution in [1.29, 1.82) is 0 Å². The summed E-state index contributed by atoms with van der Waals surface area (Å²) in [7, 11) is 0. The molecule has 1 amide bonds. The number of H-pyrrole nitrogens is 1. The maximum atomic E-state index is 14.3. The van der Waals surface area contributed by atoms with E-state index in [0.29, 0.717) is 17.0 Å². The summed E-state index contributed by atoms with van der Waals surface area (Å²) in [5.41, 5.74) is 1.26. The molecule has 7 nitrogen and oxygen atoms in total. The van der Waals surface area contributed by atoms with E-state index >= 15 is 0 Å². The standard InChI is InChI=1S/C25H22F3N3O4/c26-15-8-14(9-22(34)29-16-4-3-5-18(11-16)35-13-17(33)12-32)23-21(10-15)30-25(31-23)20-7-2-1-6-19(20)24(27)28/h1-8,10-11,17,24,32-33H,9,12-13H2,(H,29,34)(H,30,31)/t17-/m1/s1. The minimum atomic E-state index is -2.71. The number of aliphatic hydroxyl groups is 2. The van der Waals surface area contributed by atoms with Gasteiger partial charge in [-0.15, -0.1) is 0 Å². The second kappa shape index (κ2) is 10.6. The lowest BCUT2D eigenvalue weighted by atomic mass is 10.1. The molecule has 0 aliphatic heterocycles. The number of nitrogens with zero attached hydrogens (tertiary/aromatic N) is 1. The van der Waals surface area contributed by atoms with E-state index in [1.807, 2.05) is 0 Å². The Morgan fingerprint density at radius 1 is 1.11 bits per heavy atom. The topological polar surface area (TPSA) is 107 Å². The Labute approximate surface area is 198 Å². The zero-order valence-electron chi connectivity index (χ0n) is 18.3. The Morgan fingerprint density at radius 2 is 1.91 bits per heavy atom. The van der Waals surface area contributed by atoms with Crippen LogP contribution in [0.2, 0.25) is 0 Å². The predicted molar refractivity (Wildman–Crippen MR) is 124 cm³/mol. The molecule has 0 unspecified atom stereocenters. The lowest BCUT2D eigenvalue weighted by Gasteiger charge is -2.11. The lowest BCUT2D eigenvalue weighted by molar-refractivity contribution is -0.115. The van der Waals surface area contributed by atoms with E-state index in [2.05, 4.69) is 15.3 Å². The van der Waals surface area contributed by atoms with Gasteiger partial charge in [-0.2, -0.15) is 0 Å². The number of rotatable bonds is 9. The average molecular weight is 485 g/mol. The molecular weight excluding hydrogens is 463 g/mol. The van der Waals surface area contributed by atoms with Gasteiger partial charge in [-0.3, -0.25) is 4.79 Å². The summed E-state index contributed by atoms with van der Waals surface area (Å²) in [5, 5.41) is 21.0. The van der Waals surface area contributed by atoms with Gasteiger partial charge in [0, 0.05) is 22.9 Å². The number of fused-ring (bicyclic) bond motifs is 1. The van der Waals surface area contributed by atoms with Crippen LogP contribution in [0.3, 0.4) is 0 Å². The maximum Gasteiger partial charge on any atom is 0.264 e. The van der Waals surface area contributed by atoms with Gasteiger partial charge in [0.25, 0.3) is 6.43 Å². The van der Waals surface area contributed by atoms with Crippen LogP contribution >= 0.6 is 0 Å². The number of hydrogen-bond acceptors (Lipinski definition) is 5. The second-order valence-electron chi connectivity index (χ2n) is 7.83. The number of aliphatic hydroxyl groups excluding tert-OH is 2. The number of ether oxygens (including phenoxy) is 1. The molecule has 1 atom stereocenters. The normalized spacial score (nSPS) is 12.2. The number of carbonyl (C=O) groups is 1. The highest BCUT2D eigenvalue weighted by Crippen LogP contribution is 2.31. The highest BCUT2D eigenvalue weighted by atomic mass is 19.3. The predicted octanol–water partition coefficient (Wildman–Crippen LogP) is 4.22. The molecular formula is C25H22F3N3O4. The van der Waals surface area contributed by atoms with E-state index in [4.69, 9.17) is 9.84 Å². The third-order valence-electron chi connectivity index (χ3n) is 5.20. The van der Waals surface area contributed by atoms with Crippen molar-refractivity contribution in [3.63, 3.8) is 0 Å². The molecule has 4 aromatic rings. The zero-order valence-corrected chi connectivity index (χ0v) is 18.3. The fourth-order valence-electron chi connectivity index (χ4n) is 3.60. The number of alkyl halides is 2. The van der Waals surface area contributed by atoms with Gasteiger partial charge in [0.1, 0.15) is 30.1 Å². The number of imidazole rings is 1. The summed E-state index contributed by atoms with van der Waals surface area (Å²) in [6, 6.07) is 14.7. The fourth-order valence-corrected chi connectivity index (χ4v) is 3.60. The van der Waals surface area contributed by atoms with Gasteiger partial charge >= 0.3 is 0 Å². The maximum absolute atomic E-state index is 14.3. The molecule has 0 aliphatic rings. The van der Waals surface area contributed by atoms with Gasteiger partial charge in [-0.05, 0) is 29.8 Å². The van der Waals surface area contributed by atoms with Crippen molar-refractivity contribution in [3.8, 4) is 17.1 Å². The van der Waals surface area contributed by atoms with Crippen LogP contribution in [0.5, 0.6) is 5.75 Å². The molecule has 0 spiro atoms. The fraction of sp³-hybridized carbons (Fsp3) is 0.200. The summed E-state index contributed by atoms with van der Waals surface area (Å²) >= 11 is 0. The molecule has 0 aliphatic carbocycles. The quantitative estimate of drug-likeness (QED) is 0.284. The van der Waals surface area contributed by atoms with E-state index in [0.717, 1.165) is 0 Å². The van der Waals surface area contributed by atoms with Crippen LogP contribution in [-0.2, 0) is 11.2 Å². The lowest BCUT2D eigenvalue weighted by Crippen LogP contribution is -2.21. The first-order chi connectivity index (χ1) is 16.8. The Kier molecular flexibility index (Phi) is 7.33. The van der Waals surface area contributed by atoms with E-state index in [1.54, 1.807) is 24.3 Å². The van der Waals surface area contributed by atoms with E-state index < -0.39 is 30.9 Å². The van der Waals surface area contributed by atoms with Crippen molar-refractivity contribution in [2.75, 3.05) is 18.5 Å². The molecule has 0 bridgehead atoms. The number of halogens is 3. The van der Waals surface area contributed by atoms with Crippen LogP contribution in [0.25, 0.3) is 22.4 Å². The van der Waals surface area contributed by atoms with Crippen LogP contribution in [0, 0.1) is 5.82 Å². The molecule has 182 valence electrons. The third kappa shape index (κ3) is 5.79. The first kappa shape index (κ1) is 24.2. The van der Waals surface area contributed by atoms with Crippen molar-refractivity contribution in [2.45, 2.75) is 19.0 Å². The molecule has 4 rings (SSSR count). The van der Waals surface area contributed by atoms with Crippen molar-refractivity contribution in [2.24, 2.45) is 0 Å². The van der Waals surface area contributed by atoms with Crippen LogP contribution in [0.15, 0.2) is 60.7 Å². The smallest absolute Gasteiger partial charge is 0.264 e. The number of hydrogen-bond donors (Lipinski definition) is 4. The molecule has 1 aromatic heterocycles. The van der Waals surface area contributed by atoms with Gasteiger partial charge in [0.15, 0.2) is 0 Å². The van der Waals surface area contributed by atoms with Crippen LogP contribution in [0.4, 0.5) is 18.9 Å². The van der Waals surface area contributed by atoms with Gasteiger partial charge < -0.3 is 25.3 Å². The van der Waals surface area contributed by atoms with Gasteiger partial charge in [0.2, 0.25) is 5.91 Å². The van der Waals surface area contributed by atoms with Crippen molar-refractivity contribution < 1.29 is 32.9 Å². The zero-order chi connectivity index (χ0) is 24.9. The molecule has 10 heteroatoms. The van der Waals surface area contributed by atoms with Crippen molar-refractivity contribution in [3.05, 3.63) is 77.6 Å². The van der Waals surface area contributed by atoms with Gasteiger partial charge in [-0.25, -0.2) is 18.2 Å². The number of aromatic nitrogens is 2. The molecule has 0 fully saturated rings. The minimum Gasteiger partial charge on any atom is -0.491 e. The Hall–Kier alpha value is -3.89. The highest BCUT2D eigenvalue weighted by molar-refractivity contribution is 5.95. The Balaban J connectivity index is 1.55. The SMILES string of the molecule is O=C(Cc1cc(F)cc2[nH]c(-c3ccccc3C(F)F)nc12)Nc1cccc(OC[C@H](O)CO)c1. The van der Waals surface area contributed by atoms with Crippen LogP contribution in [-0.4, -0.2) is 45.4 Å². The monoisotopic (exact) mass is 485 g/mol. The van der Waals surface area contributed by atoms with Gasteiger partial charge in [0.05, 0.1) is 24.1 Å². The summed E-state index contributed by atoms with van der Waals surface area (Å²) in [5.74, 6) is -0.534. The number of carbonyl (C=O) groups excluding carboxylic acids is 1. The largest absolute Gasteiger partial charge is 0.491 e. The first-order valence-corrected chi connectivity index (χ1v) is 10.7. The van der Waals surface area contributed by atoms with E-state index in [-0.39, 0.29) is 41.1 Å². The Morgan fingerprint density at radius 3 is 2.69 bits per heavy atom. The highest BCUT2D eigenvalue weighted by Gasteiger charge is 2.19. The van der Waals surface area contributed by atoms with Crippen molar-refractivity contribution in [1.82, 2.24) is 9.97 Å². The third-order valence-corrected chi connectivity index (χ3v) is 5.20. The number of anilines is 1. The first-order valence-electron chi connectivity index (χ1n) is 10.7.